The van der Waals surface area contributed by atoms with E-state index >= 15 is 0 Å². The fourth-order valence-electron chi connectivity index (χ4n) is 4.59. The van der Waals surface area contributed by atoms with Gasteiger partial charge in [0, 0.05) is 5.56 Å². The quantitative estimate of drug-likeness (QED) is 0.170. The smallest absolute Gasteiger partial charge is 0.336 e. The minimum atomic E-state index is -1.18. The van der Waals surface area contributed by atoms with Crippen molar-refractivity contribution >= 4 is 11.9 Å². The van der Waals surface area contributed by atoms with Gasteiger partial charge in [0.1, 0.15) is 5.75 Å². The van der Waals surface area contributed by atoms with Crippen LogP contribution in [0.3, 0.4) is 0 Å². The van der Waals surface area contributed by atoms with Crippen LogP contribution in [0.25, 0.3) is 0 Å². The number of aromatic hydroxyl groups is 1. The van der Waals surface area contributed by atoms with Gasteiger partial charge in [-0.05, 0) is 37.3 Å². The molecule has 5 heteroatoms. The molecule has 1 aromatic carbocycles. The van der Waals surface area contributed by atoms with E-state index in [9.17, 15) is 24.9 Å². The van der Waals surface area contributed by atoms with Crippen LogP contribution >= 0.6 is 0 Å². The molecule has 0 amide bonds. The van der Waals surface area contributed by atoms with Crippen molar-refractivity contribution in [1.82, 2.24) is 0 Å². The van der Waals surface area contributed by atoms with Crippen LogP contribution in [-0.4, -0.2) is 27.3 Å². The van der Waals surface area contributed by atoms with Crippen LogP contribution in [-0.2, 0) is 12.8 Å². The second kappa shape index (κ2) is 17.4. The lowest BCUT2D eigenvalue weighted by Crippen LogP contribution is -2.14. The number of hydrogen-bond acceptors (Lipinski definition) is 3. The van der Waals surface area contributed by atoms with E-state index in [0.717, 1.165) is 44.9 Å². The van der Waals surface area contributed by atoms with E-state index < -0.39 is 11.9 Å². The van der Waals surface area contributed by atoms with Gasteiger partial charge in [-0.3, -0.25) is 0 Å². The van der Waals surface area contributed by atoms with Crippen LogP contribution in [0.4, 0.5) is 0 Å². The summed E-state index contributed by atoms with van der Waals surface area (Å²) in [5, 5.41) is 30.0. The molecular weight excluding hydrogens is 416 g/mol. The third-order valence-corrected chi connectivity index (χ3v) is 6.52. The van der Waals surface area contributed by atoms with Crippen LogP contribution < -0.4 is 0 Å². The summed E-state index contributed by atoms with van der Waals surface area (Å²) >= 11 is 0. The second-order valence-corrected chi connectivity index (χ2v) is 9.34. The number of hydrogen-bond donors (Lipinski definition) is 3. The molecule has 1 rings (SSSR count). The Balaban J connectivity index is 2.77. The van der Waals surface area contributed by atoms with Crippen LogP contribution in [0.15, 0.2) is 6.07 Å². The number of carboxylic acid groups (broad SMARTS) is 2. The summed E-state index contributed by atoms with van der Waals surface area (Å²) in [5.41, 5.74) is 0.701. The van der Waals surface area contributed by atoms with Crippen molar-refractivity contribution < 1.29 is 24.9 Å². The molecule has 0 radical (unpaired) electrons. The fourth-order valence-corrected chi connectivity index (χ4v) is 4.59. The lowest BCUT2D eigenvalue weighted by molar-refractivity contribution is 0.0693. The maximum Gasteiger partial charge on any atom is 0.336 e. The Hall–Kier alpha value is -2.04. The first kappa shape index (κ1) is 29.0. The van der Waals surface area contributed by atoms with Crippen molar-refractivity contribution in [2.45, 2.75) is 129 Å². The third-order valence-electron chi connectivity index (χ3n) is 6.52. The molecule has 0 aliphatic heterocycles. The molecule has 0 saturated carbocycles. The molecule has 0 aliphatic rings. The Labute approximate surface area is 200 Å². The number of aromatic carboxylic acids is 2. The summed E-state index contributed by atoms with van der Waals surface area (Å²) in [6, 6.07) is 1.26. The number of rotatable bonds is 20. The van der Waals surface area contributed by atoms with E-state index in [1.54, 1.807) is 0 Å². The molecule has 5 nitrogen and oxygen atoms in total. The molecule has 0 unspecified atom stereocenters. The summed E-state index contributed by atoms with van der Waals surface area (Å²) in [6.07, 6.45) is 18.9. The van der Waals surface area contributed by atoms with Gasteiger partial charge in [0.15, 0.2) is 0 Å². The molecule has 0 fully saturated rings. The highest BCUT2D eigenvalue weighted by Gasteiger charge is 2.25. The maximum absolute atomic E-state index is 12.1. The Morgan fingerprint density at radius 1 is 0.606 bits per heavy atom. The van der Waals surface area contributed by atoms with Gasteiger partial charge in [0.05, 0.1) is 11.1 Å². The molecule has 0 aliphatic carbocycles. The van der Waals surface area contributed by atoms with E-state index in [-0.39, 0.29) is 16.9 Å². The molecule has 0 bridgehead atoms. The van der Waals surface area contributed by atoms with Gasteiger partial charge in [-0.1, -0.05) is 104 Å². The zero-order valence-corrected chi connectivity index (χ0v) is 21.0. The first-order valence-electron chi connectivity index (χ1n) is 13.3. The van der Waals surface area contributed by atoms with Gasteiger partial charge in [-0.25, -0.2) is 9.59 Å². The van der Waals surface area contributed by atoms with Crippen molar-refractivity contribution in [3.05, 3.63) is 28.3 Å². The number of unbranched alkanes of at least 4 members (excludes halogenated alkanes) is 14. The molecular formula is C28H46O5. The third kappa shape index (κ3) is 11.1. The fraction of sp³-hybridized carbons (Fsp3) is 0.714. The highest BCUT2D eigenvalue weighted by Crippen LogP contribution is 2.32. The van der Waals surface area contributed by atoms with Gasteiger partial charge < -0.3 is 15.3 Å². The number of carbonyl (C=O) groups is 2. The summed E-state index contributed by atoms with van der Waals surface area (Å²) < 4.78 is 0. The molecule has 33 heavy (non-hydrogen) atoms. The van der Waals surface area contributed by atoms with Crippen molar-refractivity contribution in [3.8, 4) is 5.75 Å². The topological polar surface area (TPSA) is 94.8 Å². The van der Waals surface area contributed by atoms with Gasteiger partial charge in [0.25, 0.3) is 0 Å². The molecule has 3 N–H and O–H groups in total. The average molecular weight is 463 g/mol. The lowest BCUT2D eigenvalue weighted by atomic mass is 9.88. The minimum absolute atomic E-state index is 0.0123. The maximum atomic E-state index is 12.1. The molecule has 0 heterocycles. The van der Waals surface area contributed by atoms with Crippen LogP contribution in [0.2, 0.25) is 0 Å². The van der Waals surface area contributed by atoms with E-state index in [0.29, 0.717) is 24.0 Å². The van der Waals surface area contributed by atoms with Crippen LogP contribution in [0, 0.1) is 0 Å². The molecule has 188 valence electrons. The predicted octanol–water partition coefficient (Wildman–Crippen LogP) is 8.16. The zero-order chi connectivity index (χ0) is 24.5. The van der Waals surface area contributed by atoms with Gasteiger partial charge in [-0.2, -0.15) is 0 Å². The van der Waals surface area contributed by atoms with Crippen molar-refractivity contribution in [3.63, 3.8) is 0 Å². The first-order valence-corrected chi connectivity index (χ1v) is 13.3. The number of phenols is 1. The van der Waals surface area contributed by atoms with E-state index in [1.807, 2.05) is 0 Å². The minimum Gasteiger partial charge on any atom is -0.508 e. The number of phenolic OH excluding ortho intramolecular Hbond substituents is 1. The average Bonchev–Trinajstić information content (AvgIpc) is 2.78. The molecule has 0 atom stereocenters. The summed E-state index contributed by atoms with van der Waals surface area (Å²) in [7, 11) is 0. The Kier molecular flexibility index (Phi) is 15.3. The van der Waals surface area contributed by atoms with Crippen molar-refractivity contribution in [1.29, 1.82) is 0 Å². The van der Waals surface area contributed by atoms with Crippen LogP contribution in [0.1, 0.15) is 148 Å². The molecule has 1 aromatic rings. The SMILES string of the molecule is CCCCCCCCCCc1c(O)cc(C(=O)O)c(CCCCCCCCCC)c1C(=O)O. The van der Waals surface area contributed by atoms with E-state index in [2.05, 4.69) is 13.8 Å². The largest absolute Gasteiger partial charge is 0.508 e. The standard InChI is InChI=1S/C28H46O5/c1-3-5-7-9-11-13-15-17-19-22-24(27(30)31)21-25(29)23(26(22)28(32)33)20-18-16-14-12-10-8-6-4-2/h21,29H,3-20H2,1-2H3,(H,30,31)(H,32,33). The first-order chi connectivity index (χ1) is 15.9. The Bertz CT molecular complexity index is 711. The summed E-state index contributed by atoms with van der Waals surface area (Å²) in [6.45, 7) is 4.39. The monoisotopic (exact) mass is 462 g/mol. The lowest BCUT2D eigenvalue weighted by Gasteiger charge is -2.16. The van der Waals surface area contributed by atoms with E-state index in [1.165, 1.54) is 63.9 Å². The summed E-state index contributed by atoms with van der Waals surface area (Å²) in [5.74, 6) is -2.52. The highest BCUT2D eigenvalue weighted by atomic mass is 16.4. The number of benzene rings is 1. The second-order valence-electron chi connectivity index (χ2n) is 9.34. The highest BCUT2D eigenvalue weighted by molar-refractivity contribution is 5.98. The van der Waals surface area contributed by atoms with Gasteiger partial charge in [-0.15, -0.1) is 0 Å². The molecule has 0 aromatic heterocycles. The Morgan fingerprint density at radius 2 is 1.00 bits per heavy atom. The zero-order valence-electron chi connectivity index (χ0n) is 21.0. The van der Waals surface area contributed by atoms with E-state index in [4.69, 9.17) is 0 Å². The molecule has 0 spiro atoms. The van der Waals surface area contributed by atoms with Gasteiger partial charge >= 0.3 is 11.9 Å². The van der Waals surface area contributed by atoms with Crippen LogP contribution in [0.5, 0.6) is 5.75 Å². The van der Waals surface area contributed by atoms with Gasteiger partial charge in [0.2, 0.25) is 0 Å². The number of carboxylic acids is 2. The molecule has 0 saturated heterocycles. The normalized spacial score (nSPS) is 11.1. The van der Waals surface area contributed by atoms with Crippen molar-refractivity contribution in [2.75, 3.05) is 0 Å². The Morgan fingerprint density at radius 3 is 1.39 bits per heavy atom. The predicted molar refractivity (Wildman–Crippen MR) is 135 cm³/mol. The summed E-state index contributed by atoms with van der Waals surface area (Å²) in [4.78, 5) is 23.9. The van der Waals surface area contributed by atoms with Crippen molar-refractivity contribution in [2.24, 2.45) is 0 Å².